The minimum absolute atomic E-state index is 0.410. The molecule has 0 aromatic heterocycles. The normalized spacial score (nSPS) is 12.4. The molecule has 1 rings (SSSR count). The fourth-order valence-corrected chi connectivity index (χ4v) is 2.38. The highest BCUT2D eigenvalue weighted by Gasteiger charge is 2.12. The molecule has 1 atom stereocenters. The average Bonchev–Trinajstić information content (AvgIpc) is 2.32. The van der Waals surface area contributed by atoms with E-state index in [4.69, 9.17) is 23.2 Å². The summed E-state index contributed by atoms with van der Waals surface area (Å²) in [5.41, 5.74) is 1.04. The summed E-state index contributed by atoms with van der Waals surface area (Å²) < 4.78 is 0. The minimum atomic E-state index is 0.410. The van der Waals surface area contributed by atoms with Gasteiger partial charge in [-0.15, -0.1) is 6.58 Å². The van der Waals surface area contributed by atoms with Gasteiger partial charge in [-0.3, -0.25) is 0 Å². The van der Waals surface area contributed by atoms with Crippen molar-refractivity contribution >= 4 is 23.2 Å². The number of halogens is 2. The lowest BCUT2D eigenvalue weighted by Crippen LogP contribution is -2.27. The number of hydrogen-bond donors (Lipinski definition) is 1. The smallest absolute Gasteiger partial charge is 0.0453 e. The van der Waals surface area contributed by atoms with E-state index in [2.05, 4.69) is 11.9 Å². The topological polar surface area (TPSA) is 12.0 Å². The summed E-state index contributed by atoms with van der Waals surface area (Å²) in [5, 5.41) is 4.82. The number of unbranched alkanes of at least 4 members (excludes halogenated alkanes) is 1. The van der Waals surface area contributed by atoms with Crippen LogP contribution in [0.3, 0.4) is 0 Å². The largest absolute Gasteiger partial charge is 0.317 e. The van der Waals surface area contributed by atoms with Crippen LogP contribution in [0.1, 0.15) is 24.8 Å². The molecule has 1 aromatic carbocycles. The summed E-state index contributed by atoms with van der Waals surface area (Å²) in [6.45, 7) is 3.73. The second-order valence-electron chi connectivity index (χ2n) is 4.11. The summed E-state index contributed by atoms with van der Waals surface area (Å²) in [6, 6.07) is 6.06. The van der Waals surface area contributed by atoms with Crippen LogP contribution in [0, 0.1) is 0 Å². The molecule has 1 aromatic rings. The zero-order chi connectivity index (χ0) is 12.7. The second-order valence-corrected chi connectivity index (χ2v) is 4.92. The molecule has 0 spiro atoms. The molecule has 0 aliphatic heterocycles. The zero-order valence-corrected chi connectivity index (χ0v) is 11.7. The summed E-state index contributed by atoms with van der Waals surface area (Å²) in [6.07, 6.45) is 6.11. The third-order valence-electron chi connectivity index (χ3n) is 2.88. The van der Waals surface area contributed by atoms with Crippen molar-refractivity contribution < 1.29 is 0 Å². The van der Waals surface area contributed by atoms with Crippen LogP contribution in [0.25, 0.3) is 0 Å². The van der Waals surface area contributed by atoms with E-state index in [1.807, 2.05) is 31.3 Å². The van der Waals surface area contributed by atoms with Gasteiger partial charge in [0.1, 0.15) is 0 Å². The lowest BCUT2D eigenvalue weighted by molar-refractivity contribution is 0.504. The maximum atomic E-state index is 6.16. The van der Waals surface area contributed by atoms with Crippen molar-refractivity contribution in [2.24, 2.45) is 0 Å². The molecule has 0 saturated carbocycles. The molecular weight excluding hydrogens is 253 g/mol. The number of allylic oxidation sites excluding steroid dienone is 1. The summed E-state index contributed by atoms with van der Waals surface area (Å²) in [4.78, 5) is 0. The molecule has 0 heterocycles. The Kier molecular flexibility index (Phi) is 6.64. The number of hydrogen-bond acceptors (Lipinski definition) is 1. The molecule has 0 bridgehead atoms. The first kappa shape index (κ1) is 14.6. The van der Waals surface area contributed by atoms with Gasteiger partial charge in [0.2, 0.25) is 0 Å². The maximum absolute atomic E-state index is 6.16. The maximum Gasteiger partial charge on any atom is 0.0453 e. The van der Waals surface area contributed by atoms with Gasteiger partial charge < -0.3 is 5.32 Å². The quantitative estimate of drug-likeness (QED) is 0.570. The molecule has 1 nitrogen and oxygen atoms in total. The van der Waals surface area contributed by atoms with Crippen molar-refractivity contribution in [3.05, 3.63) is 46.5 Å². The Hall–Kier alpha value is -0.500. The monoisotopic (exact) mass is 271 g/mol. The standard InChI is InChI=1S/C14H19Cl2N/c1-3-4-5-7-11(17-2)10-12-13(15)8-6-9-14(12)16/h3,6,8-9,11,17H,1,4-5,7,10H2,2H3. The summed E-state index contributed by atoms with van der Waals surface area (Å²) >= 11 is 12.3. The van der Waals surface area contributed by atoms with E-state index in [1.54, 1.807) is 0 Å². The average molecular weight is 272 g/mol. The summed E-state index contributed by atoms with van der Waals surface area (Å²) in [5.74, 6) is 0. The van der Waals surface area contributed by atoms with Gasteiger partial charge in [0.25, 0.3) is 0 Å². The molecule has 17 heavy (non-hydrogen) atoms. The van der Waals surface area contributed by atoms with Crippen molar-refractivity contribution in [3.63, 3.8) is 0 Å². The fraction of sp³-hybridized carbons (Fsp3) is 0.429. The third kappa shape index (κ3) is 4.71. The van der Waals surface area contributed by atoms with Crippen LogP contribution in [0.5, 0.6) is 0 Å². The minimum Gasteiger partial charge on any atom is -0.317 e. The van der Waals surface area contributed by atoms with Gasteiger partial charge in [-0.1, -0.05) is 35.3 Å². The molecule has 3 heteroatoms. The highest BCUT2D eigenvalue weighted by molar-refractivity contribution is 6.35. The van der Waals surface area contributed by atoms with E-state index >= 15 is 0 Å². The first-order valence-corrected chi connectivity index (χ1v) is 6.65. The molecule has 1 unspecified atom stereocenters. The van der Waals surface area contributed by atoms with Crippen molar-refractivity contribution in [3.8, 4) is 0 Å². The van der Waals surface area contributed by atoms with Crippen LogP contribution in [0.2, 0.25) is 10.0 Å². The predicted molar refractivity (Wildman–Crippen MR) is 77.1 cm³/mol. The van der Waals surface area contributed by atoms with Crippen molar-refractivity contribution in [1.82, 2.24) is 5.32 Å². The molecule has 1 N–H and O–H groups in total. The van der Waals surface area contributed by atoms with Gasteiger partial charge >= 0.3 is 0 Å². The number of benzene rings is 1. The Morgan fingerprint density at radius 1 is 1.35 bits per heavy atom. The van der Waals surface area contributed by atoms with Crippen LogP contribution in [-0.4, -0.2) is 13.1 Å². The van der Waals surface area contributed by atoms with Gasteiger partial charge in [0.15, 0.2) is 0 Å². The zero-order valence-electron chi connectivity index (χ0n) is 10.2. The van der Waals surface area contributed by atoms with Crippen LogP contribution < -0.4 is 5.32 Å². The van der Waals surface area contributed by atoms with E-state index < -0.39 is 0 Å². The Morgan fingerprint density at radius 2 is 2.00 bits per heavy atom. The second kappa shape index (κ2) is 7.75. The van der Waals surface area contributed by atoms with E-state index in [0.29, 0.717) is 6.04 Å². The number of likely N-dealkylation sites (N-methyl/N-ethyl adjacent to an activating group) is 1. The molecule has 0 fully saturated rings. The van der Waals surface area contributed by atoms with Crippen LogP contribution in [-0.2, 0) is 6.42 Å². The third-order valence-corrected chi connectivity index (χ3v) is 3.59. The highest BCUT2D eigenvalue weighted by atomic mass is 35.5. The van der Waals surface area contributed by atoms with Crippen molar-refractivity contribution in [2.45, 2.75) is 31.7 Å². The predicted octanol–water partition coefficient (Wildman–Crippen LogP) is 4.48. The number of nitrogens with one attached hydrogen (secondary N) is 1. The van der Waals surface area contributed by atoms with Gasteiger partial charge in [0, 0.05) is 16.1 Å². The Labute approximate surface area is 114 Å². The lowest BCUT2D eigenvalue weighted by Gasteiger charge is -2.17. The van der Waals surface area contributed by atoms with Crippen LogP contribution >= 0.6 is 23.2 Å². The number of rotatable bonds is 7. The molecule has 0 amide bonds. The van der Waals surface area contributed by atoms with E-state index in [-0.39, 0.29) is 0 Å². The SMILES string of the molecule is C=CCCCC(Cc1c(Cl)cccc1Cl)NC. The van der Waals surface area contributed by atoms with E-state index in [1.165, 1.54) is 0 Å². The molecule has 94 valence electrons. The van der Waals surface area contributed by atoms with Gasteiger partial charge in [0.05, 0.1) is 0 Å². The summed E-state index contributed by atoms with van der Waals surface area (Å²) in [7, 11) is 1.98. The highest BCUT2D eigenvalue weighted by Crippen LogP contribution is 2.26. The lowest BCUT2D eigenvalue weighted by atomic mass is 10.0. The molecule has 0 aliphatic rings. The van der Waals surface area contributed by atoms with Crippen LogP contribution in [0.15, 0.2) is 30.9 Å². The van der Waals surface area contributed by atoms with Gasteiger partial charge in [-0.25, -0.2) is 0 Å². The van der Waals surface area contributed by atoms with Crippen molar-refractivity contribution in [2.75, 3.05) is 7.05 Å². The molecule has 0 saturated heterocycles. The Bertz CT molecular complexity index is 343. The van der Waals surface area contributed by atoms with Crippen molar-refractivity contribution in [1.29, 1.82) is 0 Å². The molecule has 0 aliphatic carbocycles. The van der Waals surface area contributed by atoms with Gasteiger partial charge in [-0.05, 0) is 50.4 Å². The fourth-order valence-electron chi connectivity index (χ4n) is 1.83. The Morgan fingerprint density at radius 3 is 2.53 bits per heavy atom. The molecule has 0 radical (unpaired) electrons. The Balaban J connectivity index is 2.63. The molecular formula is C14H19Cl2N. The van der Waals surface area contributed by atoms with E-state index in [9.17, 15) is 0 Å². The van der Waals surface area contributed by atoms with E-state index in [0.717, 1.165) is 41.3 Å². The van der Waals surface area contributed by atoms with Crippen LogP contribution in [0.4, 0.5) is 0 Å². The first-order valence-electron chi connectivity index (χ1n) is 5.90. The first-order chi connectivity index (χ1) is 8.19. The van der Waals surface area contributed by atoms with Gasteiger partial charge in [-0.2, -0.15) is 0 Å².